The Morgan fingerprint density at radius 2 is 1.79 bits per heavy atom. The standard InChI is InChI=1S/C21H23O2S/c22-21(16-8-2-3-9-16)23-19-12-13-20(24-14-6-1-7-15-24)18-11-5-4-10-17(18)19/h4-6,10-14,16H,1-3,7-9,15H2/q+1. The van der Waals surface area contributed by atoms with E-state index in [4.69, 9.17) is 4.74 Å². The van der Waals surface area contributed by atoms with Crippen LogP contribution in [-0.2, 0) is 15.7 Å². The highest BCUT2D eigenvalue weighted by atomic mass is 32.2. The van der Waals surface area contributed by atoms with E-state index in [0.29, 0.717) is 0 Å². The Bertz CT molecular complexity index is 775. The molecule has 2 aromatic carbocycles. The molecule has 1 unspecified atom stereocenters. The van der Waals surface area contributed by atoms with E-state index >= 15 is 0 Å². The Labute approximate surface area is 146 Å². The first-order valence-corrected chi connectivity index (χ1v) is 10.4. The van der Waals surface area contributed by atoms with E-state index in [9.17, 15) is 4.79 Å². The van der Waals surface area contributed by atoms with Gasteiger partial charge in [-0.25, -0.2) is 0 Å². The van der Waals surface area contributed by atoms with E-state index in [1.807, 2.05) is 12.1 Å². The summed E-state index contributed by atoms with van der Waals surface area (Å²) in [6, 6.07) is 12.5. The van der Waals surface area contributed by atoms with Crippen LogP contribution in [0.4, 0.5) is 0 Å². The van der Waals surface area contributed by atoms with Crippen molar-refractivity contribution < 1.29 is 9.53 Å². The number of allylic oxidation sites excluding steroid dienone is 1. The number of esters is 1. The molecule has 0 amide bonds. The summed E-state index contributed by atoms with van der Waals surface area (Å²) in [7, 11) is 0.173. The molecule has 1 heterocycles. The van der Waals surface area contributed by atoms with Crippen molar-refractivity contribution in [2.24, 2.45) is 5.92 Å². The van der Waals surface area contributed by atoms with Crippen molar-refractivity contribution in [3.8, 4) is 5.75 Å². The van der Waals surface area contributed by atoms with Gasteiger partial charge in [0.2, 0.25) is 0 Å². The van der Waals surface area contributed by atoms with Gasteiger partial charge in [0, 0.05) is 10.8 Å². The summed E-state index contributed by atoms with van der Waals surface area (Å²) in [5.74, 6) is 1.98. The van der Waals surface area contributed by atoms with Crippen LogP contribution >= 0.6 is 0 Å². The molecule has 2 aromatic rings. The van der Waals surface area contributed by atoms with Crippen LogP contribution < -0.4 is 4.74 Å². The maximum absolute atomic E-state index is 12.4. The Kier molecular flexibility index (Phi) is 4.61. The van der Waals surface area contributed by atoms with Crippen LogP contribution in [0.1, 0.15) is 38.5 Å². The van der Waals surface area contributed by atoms with E-state index in [1.165, 1.54) is 28.9 Å². The highest BCUT2D eigenvalue weighted by Gasteiger charge is 2.27. The molecule has 0 N–H and O–H groups in total. The SMILES string of the molecule is O=C(Oc1ccc([S+]2C=CCCC2)c2ccccc12)C1CCCC1. The van der Waals surface area contributed by atoms with Crippen molar-refractivity contribution in [3.05, 3.63) is 47.9 Å². The van der Waals surface area contributed by atoms with Crippen molar-refractivity contribution in [1.82, 2.24) is 0 Å². The van der Waals surface area contributed by atoms with E-state index in [-0.39, 0.29) is 22.8 Å². The van der Waals surface area contributed by atoms with E-state index in [0.717, 1.165) is 36.8 Å². The lowest BCUT2D eigenvalue weighted by molar-refractivity contribution is -0.138. The number of hydrogen-bond acceptors (Lipinski definition) is 2. The van der Waals surface area contributed by atoms with Gasteiger partial charge in [0.05, 0.1) is 16.8 Å². The molecular formula is C21H23O2S+. The molecule has 1 aliphatic heterocycles. The lowest BCUT2D eigenvalue weighted by Gasteiger charge is -2.14. The molecule has 1 fully saturated rings. The van der Waals surface area contributed by atoms with Crippen LogP contribution in [0.2, 0.25) is 0 Å². The normalized spacial score (nSPS) is 21.2. The fourth-order valence-corrected chi connectivity index (χ4v) is 5.76. The lowest BCUT2D eigenvalue weighted by atomic mass is 10.1. The van der Waals surface area contributed by atoms with E-state index in [2.05, 4.69) is 35.7 Å². The average Bonchev–Trinajstić information content (AvgIpc) is 3.17. The van der Waals surface area contributed by atoms with Crippen LogP contribution in [0.3, 0.4) is 0 Å². The second kappa shape index (κ2) is 7.02. The number of rotatable bonds is 3. The molecule has 0 aromatic heterocycles. The van der Waals surface area contributed by atoms with Gasteiger partial charge in [-0.1, -0.05) is 31.0 Å². The monoisotopic (exact) mass is 339 g/mol. The first-order chi connectivity index (χ1) is 11.8. The minimum Gasteiger partial charge on any atom is -0.426 e. The molecule has 0 spiro atoms. The van der Waals surface area contributed by atoms with Gasteiger partial charge < -0.3 is 4.74 Å². The summed E-state index contributed by atoms with van der Waals surface area (Å²) < 4.78 is 5.80. The van der Waals surface area contributed by atoms with Crippen molar-refractivity contribution in [2.75, 3.05) is 5.75 Å². The van der Waals surface area contributed by atoms with Crippen LogP contribution in [0.15, 0.2) is 52.8 Å². The molecule has 2 nitrogen and oxygen atoms in total. The summed E-state index contributed by atoms with van der Waals surface area (Å²) in [6.07, 6.45) is 9.00. The minimum atomic E-state index is -0.0505. The zero-order valence-electron chi connectivity index (χ0n) is 13.9. The molecule has 4 rings (SSSR count). The van der Waals surface area contributed by atoms with Gasteiger partial charge >= 0.3 is 5.97 Å². The average molecular weight is 339 g/mol. The lowest BCUT2D eigenvalue weighted by Crippen LogP contribution is -2.18. The fraction of sp³-hybridized carbons (Fsp3) is 0.381. The van der Waals surface area contributed by atoms with Gasteiger partial charge in [-0.2, -0.15) is 0 Å². The van der Waals surface area contributed by atoms with Crippen molar-refractivity contribution in [3.63, 3.8) is 0 Å². The Morgan fingerprint density at radius 3 is 2.54 bits per heavy atom. The third kappa shape index (κ3) is 3.10. The number of carbonyl (C=O) groups excluding carboxylic acids is 1. The summed E-state index contributed by atoms with van der Waals surface area (Å²) in [4.78, 5) is 13.8. The maximum atomic E-state index is 12.4. The van der Waals surface area contributed by atoms with Crippen molar-refractivity contribution in [2.45, 2.75) is 43.4 Å². The van der Waals surface area contributed by atoms with Gasteiger partial charge in [0.25, 0.3) is 0 Å². The Hall–Kier alpha value is -1.74. The van der Waals surface area contributed by atoms with Gasteiger partial charge in [-0.05, 0) is 50.0 Å². The number of hydrogen-bond donors (Lipinski definition) is 0. The summed E-state index contributed by atoms with van der Waals surface area (Å²) in [6.45, 7) is 0. The summed E-state index contributed by atoms with van der Waals surface area (Å²) in [5.41, 5.74) is 0. The van der Waals surface area contributed by atoms with Crippen LogP contribution in [0, 0.1) is 5.92 Å². The van der Waals surface area contributed by atoms with Gasteiger partial charge in [0.1, 0.15) is 16.9 Å². The number of carbonyl (C=O) groups is 1. The Morgan fingerprint density at radius 1 is 1.00 bits per heavy atom. The van der Waals surface area contributed by atoms with Gasteiger partial charge in [-0.3, -0.25) is 4.79 Å². The predicted octanol–water partition coefficient (Wildman–Crippen LogP) is 5.22. The zero-order chi connectivity index (χ0) is 16.4. The molecule has 124 valence electrons. The van der Waals surface area contributed by atoms with Gasteiger partial charge in [0.15, 0.2) is 4.90 Å². The number of benzene rings is 2. The molecule has 1 atom stereocenters. The second-order valence-electron chi connectivity index (χ2n) is 6.66. The van der Waals surface area contributed by atoms with E-state index in [1.54, 1.807) is 0 Å². The van der Waals surface area contributed by atoms with Crippen LogP contribution in [0.25, 0.3) is 10.8 Å². The quantitative estimate of drug-likeness (QED) is 0.435. The zero-order valence-corrected chi connectivity index (χ0v) is 14.7. The first kappa shape index (κ1) is 15.8. The third-order valence-electron chi connectivity index (χ3n) is 5.02. The molecule has 1 aliphatic carbocycles. The molecule has 0 radical (unpaired) electrons. The largest absolute Gasteiger partial charge is 0.426 e. The van der Waals surface area contributed by atoms with Crippen molar-refractivity contribution >= 4 is 27.6 Å². The molecule has 0 bridgehead atoms. The van der Waals surface area contributed by atoms with Gasteiger partial charge in [-0.15, -0.1) is 0 Å². The summed E-state index contributed by atoms with van der Waals surface area (Å²) >= 11 is 0. The molecule has 3 heteroatoms. The maximum Gasteiger partial charge on any atom is 0.314 e. The topological polar surface area (TPSA) is 26.3 Å². The highest BCUT2D eigenvalue weighted by molar-refractivity contribution is 7.99. The van der Waals surface area contributed by atoms with Crippen molar-refractivity contribution in [1.29, 1.82) is 0 Å². The van der Waals surface area contributed by atoms with E-state index < -0.39 is 0 Å². The molecule has 24 heavy (non-hydrogen) atoms. The first-order valence-electron chi connectivity index (χ1n) is 8.93. The molecular weight excluding hydrogens is 316 g/mol. The molecule has 0 saturated heterocycles. The van der Waals surface area contributed by atoms with Crippen LogP contribution in [-0.4, -0.2) is 11.7 Å². The third-order valence-corrected chi connectivity index (χ3v) is 7.19. The minimum absolute atomic E-state index is 0.0505. The highest BCUT2D eigenvalue weighted by Crippen LogP contribution is 2.35. The number of fused-ring (bicyclic) bond motifs is 1. The van der Waals surface area contributed by atoms with Crippen LogP contribution in [0.5, 0.6) is 5.75 Å². The fourth-order valence-electron chi connectivity index (χ4n) is 3.71. The predicted molar refractivity (Wildman–Crippen MR) is 100 cm³/mol. The summed E-state index contributed by atoms with van der Waals surface area (Å²) in [5, 5.41) is 4.65. The molecule has 2 aliphatic rings. The number of ether oxygens (including phenoxy) is 1. The smallest absolute Gasteiger partial charge is 0.314 e. The Balaban J connectivity index is 1.68. The molecule has 1 saturated carbocycles. The second-order valence-corrected chi connectivity index (χ2v) is 8.63.